The van der Waals surface area contributed by atoms with Crippen molar-refractivity contribution >= 4 is 0 Å². The van der Waals surface area contributed by atoms with Crippen LogP contribution in [0.15, 0.2) is 54.6 Å². The minimum Gasteiger partial charge on any atom is -0.494 e. The average molecular weight is 312 g/mol. The van der Waals surface area contributed by atoms with E-state index in [1.165, 1.54) is 36.8 Å². The van der Waals surface area contributed by atoms with Crippen molar-refractivity contribution in [2.75, 3.05) is 13.2 Å². The van der Waals surface area contributed by atoms with Crippen LogP contribution >= 0.6 is 0 Å². The van der Waals surface area contributed by atoms with Gasteiger partial charge in [0, 0.05) is 6.61 Å². The molecule has 2 rings (SSSR count). The normalized spacial score (nSPS) is 10.7. The summed E-state index contributed by atoms with van der Waals surface area (Å²) in [6.45, 7) is 1.12. The van der Waals surface area contributed by atoms with E-state index in [2.05, 4.69) is 48.5 Å². The van der Waals surface area contributed by atoms with Crippen LogP contribution < -0.4 is 4.74 Å². The number of aliphatic hydroxyl groups excluding tert-OH is 1. The number of rotatable bonds is 11. The molecule has 0 aliphatic rings. The molecule has 0 fully saturated rings. The predicted octanol–water partition coefficient (Wildman–Crippen LogP) is 5.46. The Morgan fingerprint density at radius 1 is 0.609 bits per heavy atom. The van der Waals surface area contributed by atoms with E-state index < -0.39 is 0 Å². The Kier molecular flexibility index (Phi) is 8.28. The van der Waals surface area contributed by atoms with Crippen molar-refractivity contribution in [1.82, 2.24) is 0 Å². The van der Waals surface area contributed by atoms with Crippen LogP contribution in [0.4, 0.5) is 0 Å². The van der Waals surface area contributed by atoms with Crippen LogP contribution in [-0.4, -0.2) is 18.3 Å². The summed E-state index contributed by atoms with van der Waals surface area (Å²) in [5, 5.41) is 8.71. The van der Waals surface area contributed by atoms with Crippen molar-refractivity contribution in [2.24, 2.45) is 0 Å². The second kappa shape index (κ2) is 10.8. The van der Waals surface area contributed by atoms with Crippen molar-refractivity contribution in [3.8, 4) is 16.9 Å². The number of ether oxygens (including phenoxy) is 1. The molecule has 0 aliphatic carbocycles. The SMILES string of the molecule is OCCCCCCCCCOc1ccc(-c2ccccc2)cc1. The summed E-state index contributed by atoms with van der Waals surface area (Å²) in [5.41, 5.74) is 2.46. The molecule has 0 radical (unpaired) electrons. The third-order valence-corrected chi connectivity index (χ3v) is 4.03. The summed E-state index contributed by atoms with van der Waals surface area (Å²) in [5.74, 6) is 0.952. The van der Waals surface area contributed by atoms with E-state index in [1.807, 2.05) is 6.07 Å². The summed E-state index contributed by atoms with van der Waals surface area (Å²) in [4.78, 5) is 0. The van der Waals surface area contributed by atoms with Crippen LogP contribution in [0.3, 0.4) is 0 Å². The molecular weight excluding hydrogens is 284 g/mol. The number of benzene rings is 2. The van der Waals surface area contributed by atoms with Gasteiger partial charge < -0.3 is 9.84 Å². The summed E-state index contributed by atoms with van der Waals surface area (Å²) >= 11 is 0. The third kappa shape index (κ3) is 6.87. The lowest BCUT2D eigenvalue weighted by molar-refractivity contribution is 0.281. The lowest BCUT2D eigenvalue weighted by atomic mass is 10.1. The van der Waals surface area contributed by atoms with Crippen molar-refractivity contribution < 1.29 is 9.84 Å². The van der Waals surface area contributed by atoms with Crippen LogP contribution in [0, 0.1) is 0 Å². The molecule has 0 saturated carbocycles. The second-order valence-electron chi connectivity index (χ2n) is 5.94. The molecule has 0 amide bonds. The minimum absolute atomic E-state index is 0.330. The average Bonchev–Trinajstić information content (AvgIpc) is 2.62. The van der Waals surface area contributed by atoms with E-state index in [-0.39, 0.29) is 0 Å². The van der Waals surface area contributed by atoms with E-state index in [0.717, 1.165) is 31.6 Å². The molecule has 2 heteroatoms. The van der Waals surface area contributed by atoms with Crippen LogP contribution in [0.1, 0.15) is 44.9 Å². The smallest absolute Gasteiger partial charge is 0.119 e. The summed E-state index contributed by atoms with van der Waals surface area (Å²) in [7, 11) is 0. The molecule has 1 N–H and O–H groups in total. The molecule has 2 aromatic rings. The Bertz CT molecular complexity index is 519. The fourth-order valence-corrected chi connectivity index (χ4v) is 2.66. The maximum absolute atomic E-state index is 8.71. The fourth-order valence-electron chi connectivity index (χ4n) is 2.66. The van der Waals surface area contributed by atoms with Gasteiger partial charge in [0.1, 0.15) is 5.75 Å². The van der Waals surface area contributed by atoms with Gasteiger partial charge in [0.25, 0.3) is 0 Å². The molecule has 2 nitrogen and oxygen atoms in total. The van der Waals surface area contributed by atoms with Crippen LogP contribution in [0.2, 0.25) is 0 Å². The van der Waals surface area contributed by atoms with Gasteiger partial charge in [-0.25, -0.2) is 0 Å². The Labute approximate surface area is 140 Å². The van der Waals surface area contributed by atoms with E-state index >= 15 is 0 Å². The molecule has 0 saturated heterocycles. The van der Waals surface area contributed by atoms with Gasteiger partial charge in [-0.05, 0) is 36.1 Å². The quantitative estimate of drug-likeness (QED) is 0.559. The van der Waals surface area contributed by atoms with Crippen LogP contribution in [0.5, 0.6) is 5.75 Å². The number of hydrogen-bond donors (Lipinski definition) is 1. The van der Waals surface area contributed by atoms with Gasteiger partial charge in [-0.3, -0.25) is 0 Å². The van der Waals surface area contributed by atoms with Crippen molar-refractivity contribution in [2.45, 2.75) is 44.9 Å². The molecule has 23 heavy (non-hydrogen) atoms. The molecule has 0 heterocycles. The molecule has 0 aromatic heterocycles. The highest BCUT2D eigenvalue weighted by atomic mass is 16.5. The van der Waals surface area contributed by atoms with E-state index in [4.69, 9.17) is 9.84 Å². The molecule has 124 valence electrons. The highest BCUT2D eigenvalue weighted by molar-refractivity contribution is 5.63. The molecular formula is C21H28O2. The number of hydrogen-bond acceptors (Lipinski definition) is 2. The van der Waals surface area contributed by atoms with Gasteiger partial charge in [0.15, 0.2) is 0 Å². The Morgan fingerprint density at radius 3 is 1.83 bits per heavy atom. The molecule has 0 atom stereocenters. The zero-order valence-electron chi connectivity index (χ0n) is 13.9. The molecule has 2 aromatic carbocycles. The first-order valence-corrected chi connectivity index (χ1v) is 8.79. The third-order valence-electron chi connectivity index (χ3n) is 4.03. The highest BCUT2D eigenvalue weighted by Gasteiger charge is 1.98. The van der Waals surface area contributed by atoms with Gasteiger partial charge >= 0.3 is 0 Å². The Morgan fingerprint density at radius 2 is 1.17 bits per heavy atom. The topological polar surface area (TPSA) is 29.5 Å². The zero-order chi connectivity index (χ0) is 16.2. The maximum Gasteiger partial charge on any atom is 0.119 e. The molecule has 0 spiro atoms. The second-order valence-corrected chi connectivity index (χ2v) is 5.94. The van der Waals surface area contributed by atoms with Crippen LogP contribution in [-0.2, 0) is 0 Å². The first-order valence-electron chi connectivity index (χ1n) is 8.79. The Hall–Kier alpha value is -1.80. The monoisotopic (exact) mass is 312 g/mol. The fraction of sp³-hybridized carbons (Fsp3) is 0.429. The van der Waals surface area contributed by atoms with Crippen LogP contribution in [0.25, 0.3) is 11.1 Å². The highest BCUT2D eigenvalue weighted by Crippen LogP contribution is 2.22. The van der Waals surface area contributed by atoms with E-state index in [9.17, 15) is 0 Å². The Balaban J connectivity index is 1.60. The van der Waals surface area contributed by atoms with E-state index in [0.29, 0.717) is 6.61 Å². The molecule has 0 unspecified atom stereocenters. The van der Waals surface area contributed by atoms with Gasteiger partial charge in [-0.2, -0.15) is 0 Å². The zero-order valence-corrected chi connectivity index (χ0v) is 13.9. The van der Waals surface area contributed by atoms with Crippen molar-refractivity contribution in [1.29, 1.82) is 0 Å². The number of aliphatic hydroxyl groups is 1. The summed E-state index contributed by atoms with van der Waals surface area (Å²) < 4.78 is 5.81. The van der Waals surface area contributed by atoms with Gasteiger partial charge in [-0.1, -0.05) is 74.6 Å². The molecule has 0 aliphatic heterocycles. The van der Waals surface area contributed by atoms with Crippen molar-refractivity contribution in [3.05, 3.63) is 54.6 Å². The summed E-state index contributed by atoms with van der Waals surface area (Å²) in [6.07, 6.45) is 8.21. The number of unbranched alkanes of at least 4 members (excludes halogenated alkanes) is 6. The first kappa shape index (κ1) is 17.6. The lowest BCUT2D eigenvalue weighted by Gasteiger charge is -2.07. The molecule has 0 bridgehead atoms. The van der Waals surface area contributed by atoms with Gasteiger partial charge in [0.05, 0.1) is 6.61 Å². The predicted molar refractivity (Wildman–Crippen MR) is 96.8 cm³/mol. The van der Waals surface area contributed by atoms with E-state index in [1.54, 1.807) is 0 Å². The maximum atomic E-state index is 8.71. The standard InChI is InChI=1S/C21H28O2/c22-17-9-4-2-1-3-5-10-18-23-21-15-13-20(14-16-21)19-11-7-6-8-12-19/h6-8,11-16,22H,1-5,9-10,17-18H2. The minimum atomic E-state index is 0.330. The first-order chi connectivity index (χ1) is 11.4. The van der Waals surface area contributed by atoms with Crippen molar-refractivity contribution in [3.63, 3.8) is 0 Å². The largest absolute Gasteiger partial charge is 0.494 e. The van der Waals surface area contributed by atoms with Gasteiger partial charge in [0.2, 0.25) is 0 Å². The van der Waals surface area contributed by atoms with Gasteiger partial charge in [-0.15, -0.1) is 0 Å². The summed E-state index contributed by atoms with van der Waals surface area (Å²) in [6, 6.07) is 18.7. The lowest BCUT2D eigenvalue weighted by Crippen LogP contribution is -1.97.